The molecule has 6 radical (unpaired) electrons. The Labute approximate surface area is 141 Å². The van der Waals surface area contributed by atoms with Crippen LogP contribution in [0.1, 0.15) is 0 Å². The zero-order valence-corrected chi connectivity index (χ0v) is 13.8. The molecule has 0 spiro atoms. The molecule has 6 heavy (non-hydrogen) atoms. The minimum Gasteiger partial charge on any atom is 0 e. The monoisotopic (exact) mass is 478 g/mol. The van der Waals surface area contributed by atoms with Gasteiger partial charge >= 0.3 is 0 Å². The van der Waals surface area contributed by atoms with Crippen LogP contribution in [0.2, 0.25) is 0 Å². The van der Waals surface area contributed by atoms with Crippen LogP contribution in [0.3, 0.4) is 0 Å². The summed E-state index contributed by atoms with van der Waals surface area (Å²) < 4.78 is 0. The summed E-state index contributed by atoms with van der Waals surface area (Å²) in [6.07, 6.45) is 0. The molecule has 0 aliphatic heterocycles. The molecule has 0 bridgehead atoms. The average molecular weight is 479 g/mol. The number of hydrogen-bond donors (Lipinski definition) is 0. The third-order valence-corrected chi connectivity index (χ3v) is 0. The summed E-state index contributed by atoms with van der Waals surface area (Å²) in [5.41, 5.74) is 0. The molecule has 6 heteroatoms. The van der Waals surface area contributed by atoms with E-state index >= 15 is 0 Å². The molecule has 0 rings (SSSR count). The van der Waals surface area contributed by atoms with E-state index in [4.69, 9.17) is 0 Å². The van der Waals surface area contributed by atoms with Gasteiger partial charge in [0.2, 0.25) is 0 Å². The standard InChI is InChI=1S/Al.Ce.Co.La.Mn.Ni. The van der Waals surface area contributed by atoms with Gasteiger partial charge < -0.3 is 0 Å². The molecule has 0 aromatic heterocycles. The van der Waals surface area contributed by atoms with E-state index in [1.165, 1.54) is 0 Å². The zero-order chi connectivity index (χ0) is 0. The van der Waals surface area contributed by atoms with Crippen molar-refractivity contribution in [3.8, 4) is 0 Å². The third kappa shape index (κ3) is 23.4. The van der Waals surface area contributed by atoms with Gasteiger partial charge in [0.15, 0.2) is 0 Å². The summed E-state index contributed by atoms with van der Waals surface area (Å²) in [4.78, 5) is 0. The number of rotatable bonds is 0. The number of hydrogen-bond acceptors (Lipinski definition) is 0. The molecule has 36 valence electrons. The summed E-state index contributed by atoms with van der Waals surface area (Å²) >= 11 is 0. The van der Waals surface area contributed by atoms with Crippen LogP contribution < -0.4 is 0 Å². The van der Waals surface area contributed by atoms with E-state index in [1.54, 1.807) is 0 Å². The minimum absolute atomic E-state index is 0. The van der Waals surface area contributed by atoms with Crippen molar-refractivity contribution < 1.29 is 128 Å². The normalized spacial score (nSPS) is 0. The molecular weight excluding hydrogens is 479 g/mol. The second kappa shape index (κ2) is 33.5. The van der Waals surface area contributed by atoms with Crippen molar-refractivity contribution in [2.24, 2.45) is 0 Å². The topological polar surface area (TPSA) is 0 Å². The van der Waals surface area contributed by atoms with Crippen LogP contribution in [0.5, 0.6) is 0 Å². The van der Waals surface area contributed by atoms with Gasteiger partial charge in [0.05, 0.1) is 0 Å². The van der Waals surface area contributed by atoms with Crippen LogP contribution in [0, 0.1) is 77.3 Å². The van der Waals surface area contributed by atoms with E-state index in [2.05, 4.69) is 0 Å². The molecule has 0 unspecified atom stereocenters. The first-order chi connectivity index (χ1) is 0. The Morgan fingerprint density at radius 2 is 1.00 bits per heavy atom. The van der Waals surface area contributed by atoms with Gasteiger partial charge in [-0.1, -0.05) is 0 Å². The van der Waals surface area contributed by atoms with Crippen LogP contribution >= 0.6 is 0 Å². The Balaban J connectivity index is 0. The summed E-state index contributed by atoms with van der Waals surface area (Å²) in [6, 6.07) is 0. The van der Waals surface area contributed by atoms with Crippen molar-refractivity contribution in [1.29, 1.82) is 0 Å². The molecule has 0 N–H and O–H groups in total. The van der Waals surface area contributed by atoms with E-state index in [1.807, 2.05) is 0 Å². The van der Waals surface area contributed by atoms with Gasteiger partial charge in [-0.25, -0.2) is 0 Å². The van der Waals surface area contributed by atoms with Crippen molar-refractivity contribution in [3.63, 3.8) is 0 Å². The van der Waals surface area contributed by atoms with Gasteiger partial charge in [-0.15, -0.1) is 0 Å². The average Bonchev–Trinajstić information content (AvgIpc) is 0. The Morgan fingerprint density at radius 3 is 1.00 bits per heavy atom. The molecule has 0 heterocycles. The molecule has 0 saturated carbocycles. The summed E-state index contributed by atoms with van der Waals surface area (Å²) in [5, 5.41) is 0. The Morgan fingerprint density at radius 1 is 1.00 bits per heavy atom. The van der Waals surface area contributed by atoms with Gasteiger partial charge in [0.1, 0.15) is 0 Å². The van der Waals surface area contributed by atoms with Gasteiger partial charge in [0.25, 0.3) is 0 Å². The van der Waals surface area contributed by atoms with E-state index < -0.39 is 0 Å². The fraction of sp³-hybridized carbons (Fsp3) is 0. The second-order valence-electron chi connectivity index (χ2n) is 0. The third-order valence-electron chi connectivity index (χ3n) is 0. The van der Waals surface area contributed by atoms with Crippen molar-refractivity contribution in [1.82, 2.24) is 0 Å². The summed E-state index contributed by atoms with van der Waals surface area (Å²) in [7, 11) is 0. The SMILES string of the molecule is [Al].[Ce].[Co].[La].[Mn].[Ni]. The minimum atomic E-state index is 0. The quantitative estimate of drug-likeness (QED) is 0.417. The fourth-order valence-electron chi connectivity index (χ4n) is 0. The first-order valence-electron chi connectivity index (χ1n) is 0. The molecule has 0 aliphatic carbocycles. The van der Waals surface area contributed by atoms with Gasteiger partial charge in [-0.2, -0.15) is 0 Å². The molecule has 0 atom stereocenters. The maximum atomic E-state index is 0. The van der Waals surface area contributed by atoms with Crippen LogP contribution in [-0.2, 0) is 50.3 Å². The molecule has 0 aromatic rings. The molecule has 0 nitrogen and oxygen atoms in total. The second-order valence-corrected chi connectivity index (χ2v) is 0. The summed E-state index contributed by atoms with van der Waals surface area (Å²) in [6.45, 7) is 0. The van der Waals surface area contributed by atoms with Crippen molar-refractivity contribution in [2.75, 3.05) is 0 Å². The summed E-state index contributed by atoms with van der Waals surface area (Å²) in [5.74, 6) is 0. The Hall–Kier alpha value is 4.62. The molecule has 0 fully saturated rings. The van der Waals surface area contributed by atoms with Crippen LogP contribution in [0.25, 0.3) is 0 Å². The first-order valence-corrected chi connectivity index (χ1v) is 0. The van der Waals surface area contributed by atoms with Crippen molar-refractivity contribution in [3.05, 3.63) is 0 Å². The Bertz CT molecular complexity index is 15.5. The fourth-order valence-corrected chi connectivity index (χ4v) is 0. The van der Waals surface area contributed by atoms with E-state index in [0.29, 0.717) is 0 Å². The van der Waals surface area contributed by atoms with Crippen molar-refractivity contribution >= 4 is 17.4 Å². The molecule has 0 aliphatic rings. The maximum Gasteiger partial charge on any atom is 0 e. The van der Waals surface area contributed by atoms with Crippen LogP contribution in [0.15, 0.2) is 0 Å². The molecule has 0 amide bonds. The van der Waals surface area contributed by atoms with Crippen LogP contribution in [-0.4, -0.2) is 17.4 Å². The van der Waals surface area contributed by atoms with Gasteiger partial charge in [-0.3, -0.25) is 0 Å². The van der Waals surface area contributed by atoms with E-state index in [9.17, 15) is 0 Å². The van der Waals surface area contributed by atoms with Crippen LogP contribution in [0.4, 0.5) is 0 Å². The zero-order valence-electron chi connectivity index (χ0n) is 2.68. The van der Waals surface area contributed by atoms with Crippen molar-refractivity contribution in [2.45, 2.75) is 0 Å². The van der Waals surface area contributed by atoms with E-state index in [0.717, 1.165) is 0 Å². The molecule has 0 aromatic carbocycles. The maximum absolute atomic E-state index is 0. The van der Waals surface area contributed by atoms with Gasteiger partial charge in [0, 0.05) is 145 Å². The Kier molecular flexibility index (Phi) is 257. The molecule has 0 saturated heterocycles. The smallest absolute Gasteiger partial charge is 0 e. The van der Waals surface area contributed by atoms with Gasteiger partial charge in [-0.05, 0) is 0 Å². The predicted octanol–water partition coefficient (Wildman–Crippen LogP) is -0.388. The largest absolute Gasteiger partial charge is 0 e. The molecular formula is AlCeCoLaMnNi. The predicted molar refractivity (Wildman–Crippen MR) is 5.75 cm³/mol. The van der Waals surface area contributed by atoms with E-state index in [-0.39, 0.29) is 145 Å². The first kappa shape index (κ1) is 46.0.